The van der Waals surface area contributed by atoms with Crippen LogP contribution in [0.25, 0.3) is 81.4 Å². The van der Waals surface area contributed by atoms with E-state index >= 15 is 0 Å². The predicted molar refractivity (Wildman–Crippen MR) is 243 cm³/mol. The van der Waals surface area contributed by atoms with Crippen LogP contribution in [0.3, 0.4) is 0 Å². The van der Waals surface area contributed by atoms with Gasteiger partial charge in [-0.3, -0.25) is 0 Å². The van der Waals surface area contributed by atoms with E-state index in [2.05, 4.69) is 205 Å². The summed E-state index contributed by atoms with van der Waals surface area (Å²) in [6.07, 6.45) is 0. The zero-order valence-corrected chi connectivity index (χ0v) is 33.7. The van der Waals surface area contributed by atoms with Crippen LogP contribution < -0.4 is 17.7 Å². The van der Waals surface area contributed by atoms with Crippen molar-refractivity contribution >= 4 is 84.3 Å². The molecule has 1 aliphatic heterocycles. The van der Waals surface area contributed by atoms with Crippen molar-refractivity contribution in [3.8, 4) is 39.5 Å². The molecule has 0 saturated carbocycles. The molecule has 0 saturated heterocycles. The molecular weight excluding hydrogens is 771 g/mol. The Balaban J connectivity index is 1.25. The zero-order chi connectivity index (χ0) is 37.5. The van der Waals surface area contributed by atoms with Crippen molar-refractivity contribution in [1.82, 2.24) is 14.5 Å². The molecule has 5 heteroatoms. The number of thiophene rings is 1. The fraction of sp³-hybridized carbons (Fsp3) is 0. The number of para-hydroxylation sites is 2. The van der Waals surface area contributed by atoms with Crippen molar-refractivity contribution in [3.05, 3.63) is 200 Å². The molecule has 3 nitrogen and oxygen atoms in total. The molecule has 12 rings (SSSR count). The molecular formula is C52H33GeN3S. The molecule has 0 atom stereocenters. The van der Waals surface area contributed by atoms with E-state index < -0.39 is 13.3 Å². The van der Waals surface area contributed by atoms with E-state index in [0.29, 0.717) is 0 Å². The zero-order valence-electron chi connectivity index (χ0n) is 30.8. The molecule has 266 valence electrons. The number of benzene rings is 8. The van der Waals surface area contributed by atoms with E-state index in [1.54, 1.807) is 0 Å². The van der Waals surface area contributed by atoms with Gasteiger partial charge in [-0.1, -0.05) is 0 Å². The average Bonchev–Trinajstić information content (AvgIpc) is 3.93. The summed E-state index contributed by atoms with van der Waals surface area (Å²) in [5.41, 5.74) is 8.96. The van der Waals surface area contributed by atoms with Crippen molar-refractivity contribution in [2.75, 3.05) is 0 Å². The molecule has 0 amide bonds. The molecule has 0 radical (unpaired) electrons. The van der Waals surface area contributed by atoms with Crippen LogP contribution in [0.4, 0.5) is 0 Å². The van der Waals surface area contributed by atoms with Gasteiger partial charge in [-0.2, -0.15) is 0 Å². The average molecular weight is 805 g/mol. The van der Waals surface area contributed by atoms with Gasteiger partial charge < -0.3 is 0 Å². The van der Waals surface area contributed by atoms with Gasteiger partial charge in [-0.25, -0.2) is 0 Å². The first-order chi connectivity index (χ1) is 28.3. The first-order valence-corrected chi connectivity index (χ1v) is 24.4. The summed E-state index contributed by atoms with van der Waals surface area (Å²) in [5, 5.41) is 5.08. The van der Waals surface area contributed by atoms with Gasteiger partial charge >= 0.3 is 338 Å². The molecule has 8 aromatic carbocycles. The van der Waals surface area contributed by atoms with Crippen LogP contribution in [-0.2, 0) is 0 Å². The number of hydrogen-bond donors (Lipinski definition) is 0. The van der Waals surface area contributed by atoms with E-state index in [-0.39, 0.29) is 0 Å². The summed E-state index contributed by atoms with van der Waals surface area (Å²) in [6, 6.07) is 73.2. The normalized spacial score (nSPS) is 13.1. The molecule has 1 aliphatic rings. The molecule has 57 heavy (non-hydrogen) atoms. The molecule has 11 aromatic rings. The van der Waals surface area contributed by atoms with E-state index in [9.17, 15) is 0 Å². The number of fused-ring (bicyclic) bond motifs is 10. The Bertz CT molecular complexity index is 3310. The van der Waals surface area contributed by atoms with Crippen molar-refractivity contribution < 1.29 is 0 Å². The Morgan fingerprint density at radius 3 is 1.84 bits per heavy atom. The Hall–Kier alpha value is -6.60. The van der Waals surface area contributed by atoms with Crippen LogP contribution in [0.2, 0.25) is 0 Å². The van der Waals surface area contributed by atoms with Crippen molar-refractivity contribution in [1.29, 1.82) is 0 Å². The first kappa shape index (κ1) is 32.6. The van der Waals surface area contributed by atoms with E-state index in [1.165, 1.54) is 65.3 Å². The monoisotopic (exact) mass is 805 g/mol. The third-order valence-corrected chi connectivity index (χ3v) is 22.9. The summed E-state index contributed by atoms with van der Waals surface area (Å²) < 4.78 is 10.4. The van der Waals surface area contributed by atoms with Crippen molar-refractivity contribution in [2.24, 2.45) is 0 Å². The quantitative estimate of drug-likeness (QED) is 0.162. The number of nitrogens with zero attached hydrogens (tertiary/aromatic N) is 3. The van der Waals surface area contributed by atoms with Crippen LogP contribution in [0.1, 0.15) is 0 Å². The molecule has 0 N–H and O–H groups in total. The fourth-order valence-electron chi connectivity index (χ4n) is 9.57. The topological polar surface area (TPSA) is 30.7 Å². The molecule has 3 aromatic heterocycles. The summed E-state index contributed by atoms with van der Waals surface area (Å²) in [4.78, 5) is 11.4. The van der Waals surface area contributed by atoms with Gasteiger partial charge in [0, 0.05) is 0 Å². The molecule has 4 heterocycles. The maximum absolute atomic E-state index is 5.76. The third-order valence-electron chi connectivity index (χ3n) is 11.9. The molecule has 0 spiro atoms. The summed E-state index contributed by atoms with van der Waals surface area (Å²) in [7, 11) is 0. The predicted octanol–water partition coefficient (Wildman–Crippen LogP) is 10.6. The van der Waals surface area contributed by atoms with Crippen molar-refractivity contribution in [2.45, 2.75) is 0 Å². The second-order valence-corrected chi connectivity index (χ2v) is 23.6. The van der Waals surface area contributed by atoms with Gasteiger partial charge in [0.15, 0.2) is 0 Å². The van der Waals surface area contributed by atoms with E-state index in [4.69, 9.17) is 9.97 Å². The molecule has 0 fully saturated rings. The fourth-order valence-corrected chi connectivity index (χ4v) is 21.2. The standard InChI is InChI=1S/C52H33GeN3S/c1-4-18-34(19-5-1)52-54-49(48-39-25-10-14-28-42(39)53(51(48)55-52,35-20-6-2-7-21-35)36-22-8-3-9-23-36)40-26-12-16-30-44(40)56-43-29-15-11-24-37(43)38-32-33-46-47(50(38)56)41-27-13-17-31-45(41)57-46/h1-33H. The van der Waals surface area contributed by atoms with Gasteiger partial charge in [0.2, 0.25) is 0 Å². The van der Waals surface area contributed by atoms with Gasteiger partial charge in [-0.05, 0) is 0 Å². The first-order valence-electron chi connectivity index (χ1n) is 19.4. The van der Waals surface area contributed by atoms with E-state index in [1.807, 2.05) is 11.3 Å². The van der Waals surface area contributed by atoms with Crippen molar-refractivity contribution in [3.63, 3.8) is 0 Å². The Morgan fingerprint density at radius 1 is 0.456 bits per heavy atom. The summed E-state index contributed by atoms with van der Waals surface area (Å²) >= 11 is -1.86. The number of aromatic nitrogens is 3. The molecule has 0 aliphatic carbocycles. The Labute approximate surface area is 336 Å². The number of hydrogen-bond acceptors (Lipinski definition) is 3. The SMILES string of the molecule is c1ccc(-c2nc(-c3ccccc3-n3c4ccccc4c4ccc5sc6ccccc6c5c43)c3[c](n2)[Ge]([c]2ccccc2)([c]2ccccc2)[c]2ccccc2-3)cc1. The van der Waals surface area contributed by atoms with Crippen LogP contribution in [0, 0.1) is 0 Å². The van der Waals surface area contributed by atoms with Crippen LogP contribution in [0.15, 0.2) is 200 Å². The maximum atomic E-state index is 5.76. The van der Waals surface area contributed by atoms with Gasteiger partial charge in [0.1, 0.15) is 0 Å². The van der Waals surface area contributed by atoms with Crippen LogP contribution in [0.5, 0.6) is 0 Å². The second-order valence-electron chi connectivity index (χ2n) is 14.8. The summed E-state index contributed by atoms with van der Waals surface area (Å²) in [6.45, 7) is 0. The molecule has 0 unspecified atom stereocenters. The minimum atomic E-state index is -3.73. The van der Waals surface area contributed by atoms with Crippen LogP contribution >= 0.6 is 11.3 Å². The Morgan fingerprint density at radius 2 is 1.07 bits per heavy atom. The van der Waals surface area contributed by atoms with Gasteiger partial charge in [-0.15, -0.1) is 0 Å². The minimum absolute atomic E-state index is 0.752. The van der Waals surface area contributed by atoms with Gasteiger partial charge in [0.05, 0.1) is 0 Å². The second kappa shape index (κ2) is 12.7. The third kappa shape index (κ3) is 4.66. The number of rotatable bonds is 5. The van der Waals surface area contributed by atoms with Gasteiger partial charge in [0.25, 0.3) is 0 Å². The molecule has 0 bridgehead atoms. The Kier molecular flexibility index (Phi) is 7.28. The summed E-state index contributed by atoms with van der Waals surface area (Å²) in [5.74, 6) is 0.752. The van der Waals surface area contributed by atoms with E-state index in [0.717, 1.165) is 33.9 Å². The van der Waals surface area contributed by atoms with Crippen LogP contribution in [-0.4, -0.2) is 27.8 Å².